The number of nitro benzene ring substituents is 1. The van der Waals surface area contributed by atoms with E-state index in [-0.39, 0.29) is 37.2 Å². The van der Waals surface area contributed by atoms with Crippen molar-refractivity contribution in [3.63, 3.8) is 0 Å². The molecule has 1 fully saturated rings. The third-order valence-corrected chi connectivity index (χ3v) is 3.10. The molecule has 1 aromatic carbocycles. The molecule has 0 unspecified atom stereocenters. The van der Waals surface area contributed by atoms with Crippen molar-refractivity contribution in [2.75, 3.05) is 18.0 Å². The third kappa shape index (κ3) is 2.96. The Bertz CT molecular complexity index is 544. The van der Waals surface area contributed by atoms with Gasteiger partial charge in [-0.05, 0) is 6.07 Å². The minimum Gasteiger partial charge on any atom is -0.371 e. The Morgan fingerprint density at radius 2 is 1.95 bits per heavy atom. The summed E-state index contributed by atoms with van der Waals surface area (Å²) in [6.45, 7) is 0.248. The van der Waals surface area contributed by atoms with Gasteiger partial charge >= 0.3 is 0 Å². The molecule has 0 radical (unpaired) electrons. The summed E-state index contributed by atoms with van der Waals surface area (Å²) in [5, 5.41) is 19.6. The number of benzene rings is 1. The highest BCUT2D eigenvalue weighted by molar-refractivity contribution is 5.58. The van der Waals surface area contributed by atoms with Gasteiger partial charge in [-0.2, -0.15) is 5.26 Å². The van der Waals surface area contributed by atoms with E-state index < -0.39 is 10.8 Å². The summed E-state index contributed by atoms with van der Waals surface area (Å²) in [6.07, 6.45) is -0.560. The van der Waals surface area contributed by atoms with Crippen LogP contribution in [0.25, 0.3) is 0 Å². The van der Waals surface area contributed by atoms with E-state index in [4.69, 9.17) is 5.26 Å². The summed E-state index contributed by atoms with van der Waals surface area (Å²) in [5.41, 5.74) is 0.397. The molecule has 0 amide bonds. The first-order chi connectivity index (χ1) is 8.91. The molecule has 0 aromatic heterocycles. The normalized spacial score (nSPS) is 17.8. The maximum absolute atomic E-state index is 13.1. The molecular formula is C12H11F2N3O2. The molecule has 1 heterocycles. The molecule has 0 N–H and O–H groups in total. The highest BCUT2D eigenvalue weighted by atomic mass is 19.3. The number of non-ortho nitro benzene ring substituents is 1. The minimum absolute atomic E-state index is 0.124. The molecule has 1 aliphatic rings. The number of nitro groups is 1. The Hall–Kier alpha value is -2.23. The molecule has 1 saturated heterocycles. The second-order valence-corrected chi connectivity index (χ2v) is 4.45. The van der Waals surface area contributed by atoms with Crippen molar-refractivity contribution >= 4 is 11.4 Å². The van der Waals surface area contributed by atoms with Crippen molar-refractivity contribution < 1.29 is 13.7 Å². The van der Waals surface area contributed by atoms with Crippen LogP contribution in [0.3, 0.4) is 0 Å². The van der Waals surface area contributed by atoms with Gasteiger partial charge in [0.15, 0.2) is 0 Å². The molecule has 1 aliphatic heterocycles. The zero-order valence-electron chi connectivity index (χ0n) is 9.97. The van der Waals surface area contributed by atoms with Gasteiger partial charge in [-0.1, -0.05) is 0 Å². The topological polar surface area (TPSA) is 70.2 Å². The quantitative estimate of drug-likeness (QED) is 0.610. The van der Waals surface area contributed by atoms with Crippen LogP contribution in [-0.4, -0.2) is 23.9 Å². The fourth-order valence-electron chi connectivity index (χ4n) is 2.04. The number of hydrogen-bond donors (Lipinski definition) is 0. The van der Waals surface area contributed by atoms with E-state index in [2.05, 4.69) is 0 Å². The molecule has 19 heavy (non-hydrogen) atoms. The van der Waals surface area contributed by atoms with Crippen LogP contribution >= 0.6 is 0 Å². The van der Waals surface area contributed by atoms with E-state index in [1.807, 2.05) is 6.07 Å². The van der Waals surface area contributed by atoms with Crippen LogP contribution in [0.1, 0.15) is 18.4 Å². The molecule has 5 nitrogen and oxygen atoms in total. The third-order valence-electron chi connectivity index (χ3n) is 3.10. The summed E-state index contributed by atoms with van der Waals surface area (Å²) < 4.78 is 26.1. The van der Waals surface area contributed by atoms with Gasteiger partial charge < -0.3 is 4.90 Å². The van der Waals surface area contributed by atoms with Gasteiger partial charge in [0.1, 0.15) is 0 Å². The van der Waals surface area contributed by atoms with E-state index in [1.165, 1.54) is 18.2 Å². The second-order valence-electron chi connectivity index (χ2n) is 4.45. The fraction of sp³-hybridized carbons (Fsp3) is 0.417. The highest BCUT2D eigenvalue weighted by Gasteiger charge is 2.34. The zero-order chi connectivity index (χ0) is 14.0. The van der Waals surface area contributed by atoms with E-state index in [1.54, 1.807) is 4.90 Å². The van der Waals surface area contributed by atoms with Gasteiger partial charge in [0.2, 0.25) is 0 Å². The van der Waals surface area contributed by atoms with Gasteiger partial charge in [-0.3, -0.25) is 10.1 Å². The Balaban J connectivity index is 2.28. The Morgan fingerprint density at radius 3 is 2.47 bits per heavy atom. The number of hydrogen-bond acceptors (Lipinski definition) is 4. The van der Waals surface area contributed by atoms with Crippen molar-refractivity contribution in [3.8, 4) is 6.07 Å². The van der Waals surface area contributed by atoms with Crippen LogP contribution in [0.2, 0.25) is 0 Å². The van der Waals surface area contributed by atoms with Crippen molar-refractivity contribution in [3.05, 3.63) is 33.9 Å². The van der Waals surface area contributed by atoms with Gasteiger partial charge in [0.25, 0.3) is 11.6 Å². The van der Waals surface area contributed by atoms with Gasteiger partial charge in [-0.15, -0.1) is 0 Å². The Labute approximate surface area is 108 Å². The smallest absolute Gasteiger partial charge is 0.272 e. The predicted molar refractivity (Wildman–Crippen MR) is 64.2 cm³/mol. The predicted octanol–water partition coefficient (Wildman–Crippen LogP) is 2.70. The summed E-state index contributed by atoms with van der Waals surface area (Å²) in [4.78, 5) is 11.8. The lowest BCUT2D eigenvalue weighted by Gasteiger charge is -2.33. The molecule has 0 aliphatic carbocycles. The lowest BCUT2D eigenvalue weighted by molar-refractivity contribution is -0.384. The van der Waals surface area contributed by atoms with E-state index >= 15 is 0 Å². The average Bonchev–Trinajstić information content (AvgIpc) is 2.38. The molecule has 0 saturated carbocycles. The molecule has 100 valence electrons. The fourth-order valence-corrected chi connectivity index (χ4v) is 2.04. The number of piperidine rings is 1. The van der Waals surface area contributed by atoms with E-state index in [0.29, 0.717) is 5.69 Å². The van der Waals surface area contributed by atoms with Crippen LogP contribution in [0, 0.1) is 21.4 Å². The maximum Gasteiger partial charge on any atom is 0.272 e. The highest BCUT2D eigenvalue weighted by Crippen LogP contribution is 2.32. The molecule has 2 rings (SSSR count). The van der Waals surface area contributed by atoms with Gasteiger partial charge in [-0.25, -0.2) is 8.78 Å². The lowest BCUT2D eigenvalue weighted by Crippen LogP contribution is -2.39. The van der Waals surface area contributed by atoms with E-state index in [9.17, 15) is 18.9 Å². The first-order valence-electron chi connectivity index (χ1n) is 5.74. The van der Waals surface area contributed by atoms with E-state index in [0.717, 1.165) is 0 Å². The number of nitrogens with zero attached hydrogens (tertiary/aromatic N) is 3. The maximum atomic E-state index is 13.1. The van der Waals surface area contributed by atoms with Crippen LogP contribution in [0.4, 0.5) is 20.2 Å². The molecule has 0 bridgehead atoms. The van der Waals surface area contributed by atoms with Crippen LogP contribution in [-0.2, 0) is 0 Å². The Kier molecular flexibility index (Phi) is 3.34. The summed E-state index contributed by atoms with van der Waals surface area (Å²) in [6, 6.07) is 5.80. The number of halogens is 2. The molecule has 1 aromatic rings. The summed E-state index contributed by atoms with van der Waals surface area (Å²) in [5.74, 6) is -2.67. The number of nitriles is 1. The summed E-state index contributed by atoms with van der Waals surface area (Å²) >= 11 is 0. The number of alkyl halides is 2. The molecule has 0 spiro atoms. The number of anilines is 1. The Morgan fingerprint density at radius 1 is 1.32 bits per heavy atom. The monoisotopic (exact) mass is 267 g/mol. The lowest BCUT2D eigenvalue weighted by atomic mass is 10.1. The molecule has 0 atom stereocenters. The van der Waals surface area contributed by atoms with Crippen molar-refractivity contribution in [1.82, 2.24) is 0 Å². The summed E-state index contributed by atoms with van der Waals surface area (Å²) in [7, 11) is 0. The van der Waals surface area contributed by atoms with Crippen LogP contribution < -0.4 is 4.90 Å². The molecule has 7 heteroatoms. The van der Waals surface area contributed by atoms with Crippen molar-refractivity contribution in [2.45, 2.75) is 18.8 Å². The van der Waals surface area contributed by atoms with Gasteiger partial charge in [0.05, 0.1) is 16.6 Å². The SMILES string of the molecule is N#Cc1cc(N2CCC(F)(F)CC2)cc([N+](=O)[O-])c1. The van der Waals surface area contributed by atoms with Crippen molar-refractivity contribution in [1.29, 1.82) is 5.26 Å². The van der Waals surface area contributed by atoms with Crippen molar-refractivity contribution in [2.24, 2.45) is 0 Å². The standard InChI is InChI=1S/C12H11F2N3O2/c13-12(14)1-3-16(4-2-12)10-5-9(8-15)6-11(7-10)17(18)19/h5-7H,1-4H2. The average molecular weight is 267 g/mol. The minimum atomic E-state index is -2.67. The largest absolute Gasteiger partial charge is 0.371 e. The first-order valence-corrected chi connectivity index (χ1v) is 5.74. The first kappa shape index (κ1) is 13.2. The zero-order valence-corrected chi connectivity index (χ0v) is 9.97. The number of rotatable bonds is 2. The second kappa shape index (κ2) is 4.80. The van der Waals surface area contributed by atoms with Crippen LogP contribution in [0.5, 0.6) is 0 Å². The molecular weight excluding hydrogens is 256 g/mol. The van der Waals surface area contributed by atoms with Gasteiger partial charge in [0, 0.05) is 43.8 Å². The van der Waals surface area contributed by atoms with Crippen LogP contribution in [0.15, 0.2) is 18.2 Å².